The van der Waals surface area contributed by atoms with Crippen molar-refractivity contribution in [2.45, 2.75) is 13.3 Å². The number of aromatic nitrogens is 1. The van der Waals surface area contributed by atoms with Gasteiger partial charge in [-0.25, -0.2) is 4.98 Å². The molecule has 0 unspecified atom stereocenters. The lowest BCUT2D eigenvalue weighted by atomic mass is 10.1. The predicted molar refractivity (Wildman–Crippen MR) is 50.4 cm³/mol. The van der Waals surface area contributed by atoms with Gasteiger partial charge >= 0.3 is 0 Å². The maximum absolute atomic E-state index is 11.2. The van der Waals surface area contributed by atoms with Gasteiger partial charge in [0.2, 0.25) is 5.88 Å². The van der Waals surface area contributed by atoms with Gasteiger partial charge in [-0.15, -0.1) is 0 Å². The van der Waals surface area contributed by atoms with Crippen LogP contribution in [0.3, 0.4) is 0 Å². The van der Waals surface area contributed by atoms with Crippen LogP contribution in [0.4, 0.5) is 0 Å². The second-order valence-corrected chi connectivity index (χ2v) is 2.90. The van der Waals surface area contributed by atoms with Crippen LogP contribution < -0.4 is 4.74 Å². The van der Waals surface area contributed by atoms with Crippen LogP contribution in [0, 0.1) is 0 Å². The number of ether oxygens (including phenoxy) is 1. The van der Waals surface area contributed by atoms with Gasteiger partial charge in [-0.1, -0.05) is 18.5 Å². The van der Waals surface area contributed by atoms with Crippen molar-refractivity contribution in [2.24, 2.45) is 0 Å². The highest BCUT2D eigenvalue weighted by molar-refractivity contribution is 6.32. The molecular weight excluding hydrogens is 190 g/mol. The summed E-state index contributed by atoms with van der Waals surface area (Å²) in [7, 11) is 1.48. The van der Waals surface area contributed by atoms with Gasteiger partial charge in [0.25, 0.3) is 0 Å². The van der Waals surface area contributed by atoms with Gasteiger partial charge in [-0.05, 0) is 6.07 Å². The first kappa shape index (κ1) is 9.99. The standard InChI is InChI=1S/C9H10ClNO2/c1-3-8(12)6-4-7(10)9(13-2)11-5-6/h4-5H,3H2,1-2H3. The van der Waals surface area contributed by atoms with Crippen LogP contribution in [0.1, 0.15) is 23.7 Å². The van der Waals surface area contributed by atoms with E-state index in [0.29, 0.717) is 22.9 Å². The van der Waals surface area contributed by atoms with Crippen LogP contribution in [0.2, 0.25) is 5.02 Å². The Hall–Kier alpha value is -1.09. The molecule has 0 saturated heterocycles. The molecule has 1 aromatic rings. The Morgan fingerprint density at radius 1 is 1.69 bits per heavy atom. The molecule has 0 fully saturated rings. The summed E-state index contributed by atoms with van der Waals surface area (Å²) in [6.45, 7) is 1.79. The van der Waals surface area contributed by atoms with E-state index in [1.54, 1.807) is 13.0 Å². The highest BCUT2D eigenvalue weighted by Gasteiger charge is 2.07. The van der Waals surface area contributed by atoms with E-state index in [-0.39, 0.29) is 5.78 Å². The Bertz CT molecular complexity index is 325. The van der Waals surface area contributed by atoms with Crippen molar-refractivity contribution in [1.82, 2.24) is 4.98 Å². The van der Waals surface area contributed by atoms with Gasteiger partial charge in [0.15, 0.2) is 5.78 Å². The first-order valence-electron chi connectivity index (χ1n) is 3.91. The number of carbonyl (C=O) groups is 1. The van der Waals surface area contributed by atoms with Crippen molar-refractivity contribution >= 4 is 17.4 Å². The van der Waals surface area contributed by atoms with Gasteiger partial charge in [0.05, 0.1) is 7.11 Å². The van der Waals surface area contributed by atoms with Crippen molar-refractivity contribution in [3.05, 3.63) is 22.8 Å². The molecule has 0 aliphatic rings. The molecule has 4 heteroatoms. The Labute approximate surface area is 81.7 Å². The summed E-state index contributed by atoms with van der Waals surface area (Å²) in [6, 6.07) is 1.57. The average molecular weight is 200 g/mol. The number of methoxy groups -OCH3 is 1. The Kier molecular flexibility index (Phi) is 3.25. The maximum atomic E-state index is 11.2. The van der Waals surface area contributed by atoms with Crippen LogP contribution in [0.25, 0.3) is 0 Å². The zero-order chi connectivity index (χ0) is 9.84. The summed E-state index contributed by atoms with van der Waals surface area (Å²) < 4.78 is 4.86. The van der Waals surface area contributed by atoms with Crippen LogP contribution >= 0.6 is 11.6 Å². The fourth-order valence-corrected chi connectivity index (χ4v) is 1.18. The van der Waals surface area contributed by atoms with E-state index >= 15 is 0 Å². The van der Waals surface area contributed by atoms with Crippen LogP contribution in [-0.2, 0) is 0 Å². The molecule has 0 aliphatic carbocycles. The Morgan fingerprint density at radius 2 is 2.38 bits per heavy atom. The number of hydrogen-bond donors (Lipinski definition) is 0. The predicted octanol–water partition coefficient (Wildman–Crippen LogP) is 2.34. The number of ketones is 1. The van der Waals surface area contributed by atoms with Gasteiger partial charge < -0.3 is 4.74 Å². The molecule has 0 amide bonds. The molecule has 1 aromatic heterocycles. The topological polar surface area (TPSA) is 39.2 Å². The second kappa shape index (κ2) is 4.23. The number of pyridine rings is 1. The first-order valence-corrected chi connectivity index (χ1v) is 4.29. The highest BCUT2D eigenvalue weighted by Crippen LogP contribution is 2.22. The lowest BCUT2D eigenvalue weighted by molar-refractivity contribution is 0.0988. The lowest BCUT2D eigenvalue weighted by Gasteiger charge is -2.02. The molecule has 0 aromatic carbocycles. The largest absolute Gasteiger partial charge is 0.480 e. The molecule has 1 heterocycles. The minimum atomic E-state index is 0.0250. The first-order chi connectivity index (χ1) is 6.19. The van der Waals surface area contributed by atoms with E-state index in [4.69, 9.17) is 16.3 Å². The minimum absolute atomic E-state index is 0.0250. The normalized spacial score (nSPS) is 9.77. The number of Topliss-reactive ketones (excluding diaryl/α,β-unsaturated/α-hetero) is 1. The molecule has 0 N–H and O–H groups in total. The third-order valence-electron chi connectivity index (χ3n) is 1.64. The summed E-state index contributed by atoms with van der Waals surface area (Å²) in [6.07, 6.45) is 1.92. The minimum Gasteiger partial charge on any atom is -0.480 e. The summed E-state index contributed by atoms with van der Waals surface area (Å²) >= 11 is 5.79. The summed E-state index contributed by atoms with van der Waals surface area (Å²) in [5.41, 5.74) is 0.522. The number of halogens is 1. The fourth-order valence-electron chi connectivity index (χ4n) is 0.932. The highest BCUT2D eigenvalue weighted by atomic mass is 35.5. The molecule has 3 nitrogen and oxygen atoms in total. The van der Waals surface area contributed by atoms with E-state index in [0.717, 1.165) is 0 Å². The van der Waals surface area contributed by atoms with Crippen LogP contribution in [-0.4, -0.2) is 17.9 Å². The van der Waals surface area contributed by atoms with E-state index in [9.17, 15) is 4.79 Å². The number of nitrogens with zero attached hydrogens (tertiary/aromatic N) is 1. The summed E-state index contributed by atoms with van der Waals surface area (Å²) in [5.74, 6) is 0.367. The number of rotatable bonds is 3. The van der Waals surface area contributed by atoms with E-state index in [1.165, 1.54) is 13.3 Å². The molecule has 0 spiro atoms. The zero-order valence-electron chi connectivity index (χ0n) is 7.50. The summed E-state index contributed by atoms with van der Waals surface area (Å²) in [4.78, 5) is 15.1. The molecule has 13 heavy (non-hydrogen) atoms. The summed E-state index contributed by atoms with van der Waals surface area (Å²) in [5, 5.41) is 0.363. The number of carbonyl (C=O) groups excluding carboxylic acids is 1. The Balaban J connectivity index is 3.02. The van der Waals surface area contributed by atoms with Crippen molar-refractivity contribution in [3.63, 3.8) is 0 Å². The Morgan fingerprint density at radius 3 is 2.85 bits per heavy atom. The molecule has 0 aliphatic heterocycles. The third-order valence-corrected chi connectivity index (χ3v) is 1.91. The van der Waals surface area contributed by atoms with Crippen molar-refractivity contribution < 1.29 is 9.53 Å². The fraction of sp³-hybridized carbons (Fsp3) is 0.333. The van der Waals surface area contributed by atoms with Crippen molar-refractivity contribution in [3.8, 4) is 5.88 Å². The van der Waals surface area contributed by atoms with Crippen LogP contribution in [0.5, 0.6) is 5.88 Å². The van der Waals surface area contributed by atoms with Gasteiger partial charge in [-0.3, -0.25) is 4.79 Å². The zero-order valence-corrected chi connectivity index (χ0v) is 8.26. The van der Waals surface area contributed by atoms with Gasteiger partial charge in [0, 0.05) is 18.2 Å². The average Bonchev–Trinajstić information content (AvgIpc) is 2.16. The molecule has 0 bridgehead atoms. The van der Waals surface area contributed by atoms with Gasteiger partial charge in [0.1, 0.15) is 5.02 Å². The smallest absolute Gasteiger partial charge is 0.232 e. The maximum Gasteiger partial charge on any atom is 0.232 e. The molecule has 1 rings (SSSR count). The third kappa shape index (κ3) is 2.18. The number of hydrogen-bond acceptors (Lipinski definition) is 3. The van der Waals surface area contributed by atoms with Crippen LogP contribution in [0.15, 0.2) is 12.3 Å². The van der Waals surface area contributed by atoms with Crippen molar-refractivity contribution in [1.29, 1.82) is 0 Å². The SMILES string of the molecule is CCC(=O)c1cnc(OC)c(Cl)c1. The molecular formula is C9H10ClNO2. The molecule has 0 atom stereocenters. The second-order valence-electron chi connectivity index (χ2n) is 2.49. The van der Waals surface area contributed by atoms with E-state index in [2.05, 4.69) is 4.98 Å². The molecule has 0 radical (unpaired) electrons. The van der Waals surface area contributed by atoms with E-state index in [1.807, 2.05) is 0 Å². The quantitative estimate of drug-likeness (QED) is 0.702. The molecule has 70 valence electrons. The monoisotopic (exact) mass is 199 g/mol. The van der Waals surface area contributed by atoms with Gasteiger partial charge in [-0.2, -0.15) is 0 Å². The van der Waals surface area contributed by atoms with Crippen molar-refractivity contribution in [2.75, 3.05) is 7.11 Å². The van der Waals surface area contributed by atoms with E-state index < -0.39 is 0 Å². The lowest BCUT2D eigenvalue weighted by Crippen LogP contribution is -1.98. The molecule has 0 saturated carbocycles.